The molecule has 6 rings (SSSR count). The standard InChI is InChI=1S/C16H19N3O2/c1-2-4-14-12(3-1)9-15(20-14)19-17-16(21-18-19)10-11-5-7-13(16)8-6-11/h1-4,9,11,13,17-18H,5-8,10H2. The van der Waals surface area contributed by atoms with Crippen LogP contribution < -0.4 is 16.1 Å². The van der Waals surface area contributed by atoms with Gasteiger partial charge in [0, 0.05) is 17.4 Å². The number of hydrogen-bond donors (Lipinski definition) is 2. The summed E-state index contributed by atoms with van der Waals surface area (Å²) in [7, 11) is 0. The van der Waals surface area contributed by atoms with Crippen molar-refractivity contribution >= 4 is 16.9 Å². The van der Waals surface area contributed by atoms with Crippen LogP contribution in [0, 0.1) is 11.8 Å². The van der Waals surface area contributed by atoms with Crippen molar-refractivity contribution < 1.29 is 9.25 Å². The monoisotopic (exact) mass is 285 g/mol. The molecule has 0 radical (unpaired) electrons. The van der Waals surface area contributed by atoms with E-state index >= 15 is 0 Å². The van der Waals surface area contributed by atoms with Gasteiger partial charge in [-0.2, -0.15) is 10.5 Å². The van der Waals surface area contributed by atoms with Crippen LogP contribution in [0.25, 0.3) is 11.0 Å². The summed E-state index contributed by atoms with van der Waals surface area (Å²) in [5, 5.41) is 2.89. The summed E-state index contributed by atoms with van der Waals surface area (Å²) < 4.78 is 5.89. The lowest BCUT2D eigenvalue weighted by atomic mass is 9.66. The van der Waals surface area contributed by atoms with E-state index in [0.717, 1.165) is 29.2 Å². The van der Waals surface area contributed by atoms with Crippen molar-refractivity contribution in [3.8, 4) is 0 Å². The fourth-order valence-electron chi connectivity index (χ4n) is 4.23. The number of nitrogens with one attached hydrogen (secondary N) is 2. The summed E-state index contributed by atoms with van der Waals surface area (Å²) in [6, 6.07) is 10.1. The van der Waals surface area contributed by atoms with E-state index in [2.05, 4.69) is 17.1 Å². The highest BCUT2D eigenvalue weighted by Crippen LogP contribution is 2.49. The lowest BCUT2D eigenvalue weighted by Crippen LogP contribution is -2.57. The van der Waals surface area contributed by atoms with E-state index in [0.29, 0.717) is 5.92 Å². The lowest BCUT2D eigenvalue weighted by molar-refractivity contribution is -0.153. The second-order valence-electron chi connectivity index (χ2n) is 6.57. The fourth-order valence-corrected chi connectivity index (χ4v) is 4.23. The number of anilines is 1. The minimum Gasteiger partial charge on any atom is -0.438 e. The zero-order valence-corrected chi connectivity index (χ0v) is 11.8. The summed E-state index contributed by atoms with van der Waals surface area (Å²) in [5.41, 5.74) is 7.17. The van der Waals surface area contributed by atoms with Crippen LogP contribution in [0.15, 0.2) is 34.7 Å². The molecule has 110 valence electrons. The second-order valence-corrected chi connectivity index (χ2v) is 6.57. The van der Waals surface area contributed by atoms with E-state index in [9.17, 15) is 0 Å². The molecule has 2 aromatic rings. The molecule has 2 N–H and O–H groups in total. The molecule has 1 aromatic heterocycles. The normalized spacial score (nSPS) is 35.1. The molecule has 1 aromatic carbocycles. The Morgan fingerprint density at radius 1 is 1.14 bits per heavy atom. The first kappa shape index (κ1) is 12.0. The smallest absolute Gasteiger partial charge is 0.227 e. The quantitative estimate of drug-likeness (QED) is 0.843. The molecular formula is C16H19N3O2. The number of hydrogen-bond acceptors (Lipinski definition) is 5. The van der Waals surface area contributed by atoms with Crippen molar-refractivity contribution in [3.63, 3.8) is 0 Å². The lowest BCUT2D eigenvalue weighted by Gasteiger charge is -2.47. The van der Waals surface area contributed by atoms with Gasteiger partial charge in [0.15, 0.2) is 5.72 Å². The third-order valence-corrected chi connectivity index (χ3v) is 5.35. The Balaban J connectivity index is 1.44. The van der Waals surface area contributed by atoms with Crippen LogP contribution in [0.4, 0.5) is 5.88 Å². The molecule has 4 fully saturated rings. The predicted molar refractivity (Wildman–Crippen MR) is 78.8 cm³/mol. The van der Waals surface area contributed by atoms with Gasteiger partial charge in [0.25, 0.3) is 0 Å². The maximum Gasteiger partial charge on any atom is 0.227 e. The summed E-state index contributed by atoms with van der Waals surface area (Å²) in [5.74, 6) is 2.12. The molecule has 5 nitrogen and oxygen atoms in total. The van der Waals surface area contributed by atoms with Crippen LogP contribution in [-0.4, -0.2) is 5.72 Å². The van der Waals surface area contributed by atoms with Crippen LogP contribution in [-0.2, 0) is 4.84 Å². The highest BCUT2D eigenvalue weighted by molar-refractivity contribution is 5.80. The maximum atomic E-state index is 5.98. The topological polar surface area (TPSA) is 49.7 Å². The molecule has 4 aliphatic rings. The summed E-state index contributed by atoms with van der Waals surface area (Å²) in [6.45, 7) is 0. The van der Waals surface area contributed by atoms with Crippen LogP contribution in [0.3, 0.4) is 0 Å². The molecule has 3 aliphatic carbocycles. The van der Waals surface area contributed by atoms with Crippen molar-refractivity contribution in [1.29, 1.82) is 0 Å². The van der Waals surface area contributed by atoms with E-state index in [1.54, 1.807) is 5.12 Å². The van der Waals surface area contributed by atoms with Gasteiger partial charge >= 0.3 is 0 Å². The van der Waals surface area contributed by atoms with E-state index < -0.39 is 0 Å². The van der Waals surface area contributed by atoms with E-state index in [1.165, 1.54) is 25.7 Å². The van der Waals surface area contributed by atoms with Gasteiger partial charge in [-0.25, -0.2) is 0 Å². The van der Waals surface area contributed by atoms with Gasteiger partial charge in [-0.05, 0) is 44.1 Å². The van der Waals surface area contributed by atoms with Gasteiger partial charge in [0.1, 0.15) is 5.58 Å². The third kappa shape index (κ3) is 1.75. The van der Waals surface area contributed by atoms with Gasteiger partial charge < -0.3 is 4.42 Å². The molecule has 0 amide bonds. The van der Waals surface area contributed by atoms with E-state index in [4.69, 9.17) is 9.25 Å². The highest BCUT2D eigenvalue weighted by Gasteiger charge is 2.53. The molecule has 1 atom stereocenters. The van der Waals surface area contributed by atoms with E-state index in [-0.39, 0.29) is 5.72 Å². The Morgan fingerprint density at radius 3 is 2.76 bits per heavy atom. The van der Waals surface area contributed by atoms with E-state index in [1.807, 2.05) is 24.3 Å². The van der Waals surface area contributed by atoms with Crippen LogP contribution in [0.1, 0.15) is 32.1 Å². The highest BCUT2D eigenvalue weighted by atomic mass is 16.7. The first-order chi connectivity index (χ1) is 10.3. The molecule has 3 saturated carbocycles. The first-order valence-electron chi connectivity index (χ1n) is 7.83. The molecule has 1 spiro atoms. The molecular weight excluding hydrogens is 266 g/mol. The summed E-state index contributed by atoms with van der Waals surface area (Å²) in [6.07, 6.45) is 6.30. The number of rotatable bonds is 1. The summed E-state index contributed by atoms with van der Waals surface area (Å²) >= 11 is 0. The minimum absolute atomic E-state index is 0.250. The number of hydrazine groups is 2. The fraction of sp³-hybridized carbons (Fsp3) is 0.500. The van der Waals surface area contributed by atoms with Gasteiger partial charge in [0.05, 0.1) is 0 Å². The Morgan fingerprint density at radius 2 is 2.00 bits per heavy atom. The Kier molecular flexibility index (Phi) is 2.42. The Bertz CT molecular complexity index is 644. The zero-order chi connectivity index (χ0) is 13.9. The molecule has 2 bridgehead atoms. The molecule has 21 heavy (non-hydrogen) atoms. The largest absolute Gasteiger partial charge is 0.438 e. The van der Waals surface area contributed by atoms with Crippen LogP contribution >= 0.6 is 0 Å². The van der Waals surface area contributed by atoms with Crippen LogP contribution in [0.2, 0.25) is 0 Å². The number of fused-ring (bicyclic) bond motifs is 3. The Labute approximate surface area is 123 Å². The van der Waals surface area contributed by atoms with Crippen molar-refractivity contribution in [2.45, 2.75) is 37.8 Å². The van der Waals surface area contributed by atoms with Gasteiger partial charge in [-0.3, -0.25) is 4.84 Å². The minimum atomic E-state index is -0.250. The predicted octanol–water partition coefficient (Wildman–Crippen LogP) is 3.10. The average molecular weight is 285 g/mol. The van der Waals surface area contributed by atoms with Gasteiger partial charge in [-0.15, -0.1) is 0 Å². The average Bonchev–Trinajstić information content (AvgIpc) is 3.13. The zero-order valence-electron chi connectivity index (χ0n) is 11.8. The molecule has 1 aliphatic heterocycles. The van der Waals surface area contributed by atoms with Crippen LogP contribution in [0.5, 0.6) is 0 Å². The molecule has 5 heteroatoms. The Hall–Kier alpha value is -1.56. The van der Waals surface area contributed by atoms with Gasteiger partial charge in [-0.1, -0.05) is 23.8 Å². The van der Waals surface area contributed by atoms with Crippen molar-refractivity contribution in [2.24, 2.45) is 11.8 Å². The van der Waals surface area contributed by atoms with Crippen molar-refractivity contribution in [3.05, 3.63) is 30.3 Å². The molecule has 2 heterocycles. The molecule has 1 saturated heterocycles. The van der Waals surface area contributed by atoms with Crippen molar-refractivity contribution in [1.82, 2.24) is 11.0 Å². The third-order valence-electron chi connectivity index (χ3n) is 5.35. The number of benzene rings is 1. The summed E-state index contributed by atoms with van der Waals surface area (Å²) in [4.78, 5) is 5.98. The maximum absolute atomic E-state index is 5.98. The van der Waals surface area contributed by atoms with Crippen molar-refractivity contribution in [2.75, 3.05) is 5.12 Å². The first-order valence-corrected chi connectivity index (χ1v) is 7.83. The number of para-hydroxylation sites is 1. The second kappa shape index (κ2) is 4.22. The SMILES string of the molecule is c1ccc2oc(N3NOC4(CC5CCC4CC5)N3)cc2c1. The van der Waals surface area contributed by atoms with Gasteiger partial charge in [0.2, 0.25) is 5.88 Å². The molecule has 1 unspecified atom stereocenters. The number of furan rings is 1. The number of nitrogens with zero attached hydrogens (tertiary/aromatic N) is 1.